The molecule has 0 aliphatic heterocycles. The van der Waals surface area contributed by atoms with E-state index in [9.17, 15) is 9.59 Å². The minimum atomic E-state index is -0.569. The third-order valence-corrected chi connectivity index (χ3v) is 2.27. The van der Waals surface area contributed by atoms with Crippen LogP contribution in [-0.4, -0.2) is 32.7 Å². The number of aryl methyl sites for hydroxylation is 1. The fraction of sp³-hybridized carbons (Fsp3) is 0.273. The molecule has 0 bridgehead atoms. The lowest BCUT2D eigenvalue weighted by Crippen LogP contribution is -2.22. The van der Waals surface area contributed by atoms with E-state index < -0.39 is 5.91 Å². The molecule has 100 valence electrons. The van der Waals surface area contributed by atoms with Crippen LogP contribution < -0.4 is 15.5 Å². The predicted molar refractivity (Wildman–Crippen MR) is 67.3 cm³/mol. The molecule has 8 heteroatoms. The van der Waals surface area contributed by atoms with Gasteiger partial charge < -0.3 is 9.72 Å². The average Bonchev–Trinajstić information content (AvgIpc) is 2.76. The number of nitrogens with one attached hydrogen (secondary N) is 3. The number of anilines is 1. The van der Waals surface area contributed by atoms with Gasteiger partial charge in [-0.2, -0.15) is 4.98 Å². The minimum Gasteiger partial charge on any atom is -0.463 e. The summed E-state index contributed by atoms with van der Waals surface area (Å²) in [6.45, 7) is 3.94. The van der Waals surface area contributed by atoms with Crippen molar-refractivity contribution in [1.29, 1.82) is 0 Å². The normalized spacial score (nSPS) is 10.2. The third kappa shape index (κ3) is 2.97. The number of aromatic amines is 2. The quantitative estimate of drug-likeness (QED) is 0.741. The Morgan fingerprint density at radius 2 is 2.32 bits per heavy atom. The molecule has 2 rings (SSSR count). The Balaban J connectivity index is 2.13. The summed E-state index contributed by atoms with van der Waals surface area (Å²) in [6.07, 6.45) is 1.35. The number of hydrogen-bond acceptors (Lipinski definition) is 5. The van der Waals surface area contributed by atoms with E-state index in [0.717, 1.165) is 0 Å². The van der Waals surface area contributed by atoms with E-state index >= 15 is 0 Å². The van der Waals surface area contributed by atoms with Crippen molar-refractivity contribution in [2.24, 2.45) is 0 Å². The topological polar surface area (TPSA) is 113 Å². The van der Waals surface area contributed by atoms with Gasteiger partial charge in [-0.05, 0) is 13.8 Å². The zero-order valence-corrected chi connectivity index (χ0v) is 10.5. The number of ether oxygens (including phenoxy) is 1. The Kier molecular flexibility index (Phi) is 3.60. The van der Waals surface area contributed by atoms with Gasteiger partial charge >= 0.3 is 6.01 Å². The summed E-state index contributed by atoms with van der Waals surface area (Å²) in [5.41, 5.74) is 0.318. The molecule has 0 aliphatic rings. The molecular formula is C11H13N5O3. The van der Waals surface area contributed by atoms with Crippen molar-refractivity contribution in [3.8, 4) is 6.01 Å². The van der Waals surface area contributed by atoms with Crippen LogP contribution in [0.2, 0.25) is 0 Å². The largest absolute Gasteiger partial charge is 0.463 e. The van der Waals surface area contributed by atoms with E-state index in [1.54, 1.807) is 13.8 Å². The van der Waals surface area contributed by atoms with Crippen molar-refractivity contribution < 1.29 is 9.53 Å². The number of rotatable bonds is 4. The van der Waals surface area contributed by atoms with Crippen LogP contribution in [0.15, 0.2) is 17.1 Å². The molecule has 0 atom stereocenters. The van der Waals surface area contributed by atoms with Crippen molar-refractivity contribution in [3.05, 3.63) is 33.7 Å². The number of carbonyl (C=O) groups excluding carboxylic acids is 1. The van der Waals surface area contributed by atoms with Crippen LogP contribution in [-0.2, 0) is 0 Å². The van der Waals surface area contributed by atoms with E-state index in [-0.39, 0.29) is 23.0 Å². The molecule has 0 fully saturated rings. The summed E-state index contributed by atoms with van der Waals surface area (Å²) in [5, 5.41) is 8.65. The molecule has 0 radical (unpaired) electrons. The highest BCUT2D eigenvalue weighted by Crippen LogP contribution is 2.06. The maximum absolute atomic E-state index is 11.9. The van der Waals surface area contributed by atoms with Gasteiger partial charge in [0, 0.05) is 18.0 Å². The summed E-state index contributed by atoms with van der Waals surface area (Å²) in [5.74, 6) is -0.450. The van der Waals surface area contributed by atoms with Gasteiger partial charge in [-0.3, -0.25) is 14.9 Å². The van der Waals surface area contributed by atoms with E-state index in [0.29, 0.717) is 12.3 Å². The molecule has 0 spiro atoms. The van der Waals surface area contributed by atoms with Gasteiger partial charge in [0.2, 0.25) is 5.95 Å². The molecule has 0 saturated heterocycles. The first-order valence-corrected chi connectivity index (χ1v) is 5.66. The standard InChI is InChI=1S/C11H13N5O3/c1-3-19-11-14-10(15-16-11)13-9(18)7-5-12-6(2)4-8(7)17/h4-5H,3H2,1-2H3,(H,12,17)(H2,13,14,15,16,18). The van der Waals surface area contributed by atoms with Crippen LogP contribution in [0.4, 0.5) is 5.95 Å². The molecule has 0 aliphatic carbocycles. The Labute approximate surface area is 108 Å². The second-order valence-electron chi connectivity index (χ2n) is 3.75. The minimum absolute atomic E-state index is 0.0000371. The van der Waals surface area contributed by atoms with E-state index in [1.165, 1.54) is 12.3 Å². The van der Waals surface area contributed by atoms with Crippen LogP contribution in [0, 0.1) is 6.92 Å². The number of pyridine rings is 1. The van der Waals surface area contributed by atoms with Gasteiger partial charge in [0.15, 0.2) is 5.43 Å². The van der Waals surface area contributed by atoms with Crippen LogP contribution in [0.3, 0.4) is 0 Å². The smallest absolute Gasteiger partial charge is 0.337 e. The van der Waals surface area contributed by atoms with E-state index in [2.05, 4.69) is 25.5 Å². The molecular weight excluding hydrogens is 250 g/mol. The summed E-state index contributed by atoms with van der Waals surface area (Å²) < 4.78 is 5.04. The van der Waals surface area contributed by atoms with E-state index in [1.807, 2.05) is 0 Å². The van der Waals surface area contributed by atoms with Gasteiger partial charge in [0.25, 0.3) is 5.91 Å². The van der Waals surface area contributed by atoms with Crippen molar-refractivity contribution >= 4 is 11.9 Å². The summed E-state index contributed by atoms with van der Waals surface area (Å²) in [7, 11) is 0. The van der Waals surface area contributed by atoms with Crippen LogP contribution in [0.1, 0.15) is 23.0 Å². The lowest BCUT2D eigenvalue weighted by molar-refractivity contribution is 0.102. The number of hydrogen-bond donors (Lipinski definition) is 3. The van der Waals surface area contributed by atoms with Gasteiger partial charge in [0.05, 0.1) is 6.61 Å². The molecule has 19 heavy (non-hydrogen) atoms. The SMILES string of the molecule is CCOc1n[nH]c(NC(=O)c2c[nH]c(C)cc2=O)n1. The Hall–Kier alpha value is -2.64. The number of amides is 1. The second-order valence-corrected chi connectivity index (χ2v) is 3.75. The molecule has 1 amide bonds. The van der Waals surface area contributed by atoms with Gasteiger partial charge in [-0.25, -0.2) is 5.10 Å². The van der Waals surface area contributed by atoms with Crippen molar-refractivity contribution in [2.45, 2.75) is 13.8 Å². The molecule has 8 nitrogen and oxygen atoms in total. The van der Waals surface area contributed by atoms with Gasteiger partial charge in [-0.15, -0.1) is 5.10 Å². The fourth-order valence-corrected chi connectivity index (χ4v) is 1.42. The molecule has 2 aromatic heterocycles. The molecule has 2 heterocycles. The lowest BCUT2D eigenvalue weighted by Gasteiger charge is -2.01. The molecule has 3 N–H and O–H groups in total. The maximum atomic E-state index is 11.9. The Morgan fingerprint density at radius 3 is 3.00 bits per heavy atom. The van der Waals surface area contributed by atoms with Gasteiger partial charge in [-0.1, -0.05) is 0 Å². The van der Waals surface area contributed by atoms with Crippen LogP contribution in [0.25, 0.3) is 0 Å². The maximum Gasteiger partial charge on any atom is 0.337 e. The molecule has 0 saturated carbocycles. The first kappa shape index (κ1) is 12.8. The van der Waals surface area contributed by atoms with Crippen molar-refractivity contribution in [1.82, 2.24) is 20.2 Å². The summed E-state index contributed by atoms with van der Waals surface area (Å²) in [6, 6.07) is 1.48. The first-order valence-electron chi connectivity index (χ1n) is 5.66. The summed E-state index contributed by atoms with van der Waals surface area (Å²) in [4.78, 5) is 30.2. The highest BCUT2D eigenvalue weighted by Gasteiger charge is 2.13. The molecule has 0 unspecified atom stereocenters. The Bertz CT molecular complexity index is 646. The number of H-pyrrole nitrogens is 2. The summed E-state index contributed by atoms with van der Waals surface area (Å²) >= 11 is 0. The second kappa shape index (κ2) is 5.34. The third-order valence-electron chi connectivity index (χ3n) is 2.27. The number of nitrogens with zero attached hydrogens (tertiary/aromatic N) is 2. The van der Waals surface area contributed by atoms with E-state index in [4.69, 9.17) is 4.74 Å². The number of carbonyl (C=O) groups is 1. The highest BCUT2D eigenvalue weighted by molar-refractivity contribution is 6.02. The molecule has 0 aromatic carbocycles. The predicted octanol–water partition coefficient (Wildman–Crippen LogP) is 0.452. The molecule has 2 aromatic rings. The first-order chi connectivity index (χ1) is 9.10. The lowest BCUT2D eigenvalue weighted by atomic mass is 10.2. The monoisotopic (exact) mass is 263 g/mol. The number of aromatic nitrogens is 4. The highest BCUT2D eigenvalue weighted by atomic mass is 16.5. The van der Waals surface area contributed by atoms with Crippen LogP contribution >= 0.6 is 0 Å². The van der Waals surface area contributed by atoms with Gasteiger partial charge in [0.1, 0.15) is 5.56 Å². The average molecular weight is 263 g/mol. The zero-order chi connectivity index (χ0) is 13.8. The van der Waals surface area contributed by atoms with Crippen molar-refractivity contribution in [2.75, 3.05) is 11.9 Å². The Morgan fingerprint density at radius 1 is 1.53 bits per heavy atom. The zero-order valence-electron chi connectivity index (χ0n) is 10.5. The fourth-order valence-electron chi connectivity index (χ4n) is 1.42. The van der Waals surface area contributed by atoms with Crippen LogP contribution in [0.5, 0.6) is 6.01 Å². The van der Waals surface area contributed by atoms with Crippen molar-refractivity contribution in [3.63, 3.8) is 0 Å².